The van der Waals surface area contributed by atoms with Crippen LogP contribution in [-0.2, 0) is 0 Å². The van der Waals surface area contributed by atoms with Crippen molar-refractivity contribution in [1.82, 2.24) is 10.3 Å². The van der Waals surface area contributed by atoms with Gasteiger partial charge in [0.05, 0.1) is 17.3 Å². The smallest absolute Gasteiger partial charge is 0.251 e. The van der Waals surface area contributed by atoms with Crippen LogP contribution in [0.5, 0.6) is 5.75 Å². The lowest BCUT2D eigenvalue weighted by Crippen LogP contribution is -2.38. The number of aromatic nitrogens is 1. The average molecular weight is 318 g/mol. The number of carbonyl (C=O) groups is 1. The van der Waals surface area contributed by atoms with Crippen LogP contribution in [-0.4, -0.2) is 23.5 Å². The summed E-state index contributed by atoms with van der Waals surface area (Å²) in [4.78, 5) is 16.1. The number of hydrogen-bond donors (Lipinski definition) is 1. The zero-order valence-corrected chi connectivity index (χ0v) is 13.1. The molecule has 1 radical (unpaired) electrons. The second-order valence-electron chi connectivity index (χ2n) is 4.97. The Kier molecular flexibility index (Phi) is 5.78. The van der Waals surface area contributed by atoms with Crippen LogP contribution in [0.3, 0.4) is 0 Å². The maximum Gasteiger partial charge on any atom is 0.251 e. The van der Waals surface area contributed by atoms with E-state index in [4.69, 9.17) is 16.3 Å². The van der Waals surface area contributed by atoms with E-state index in [0.29, 0.717) is 29.4 Å². The van der Waals surface area contributed by atoms with Crippen LogP contribution < -0.4 is 10.1 Å². The molecule has 5 heteroatoms. The molecule has 4 nitrogen and oxygen atoms in total. The number of pyridine rings is 1. The number of halogens is 1. The van der Waals surface area contributed by atoms with Crippen LogP contribution in [0, 0.1) is 13.8 Å². The van der Waals surface area contributed by atoms with Gasteiger partial charge in [0.25, 0.3) is 5.91 Å². The fourth-order valence-electron chi connectivity index (χ4n) is 1.84. The van der Waals surface area contributed by atoms with Crippen molar-refractivity contribution in [3.63, 3.8) is 0 Å². The Hall–Kier alpha value is -2.07. The quantitative estimate of drug-likeness (QED) is 0.888. The second-order valence-corrected chi connectivity index (χ2v) is 5.41. The third-order valence-electron chi connectivity index (χ3n) is 3.13. The van der Waals surface area contributed by atoms with Crippen LogP contribution >= 0.6 is 11.6 Å². The molecule has 22 heavy (non-hydrogen) atoms. The molecule has 0 aliphatic rings. The van der Waals surface area contributed by atoms with Crippen molar-refractivity contribution in [3.05, 3.63) is 65.8 Å². The number of nitrogens with one attached hydrogen (secondary N) is 1. The van der Waals surface area contributed by atoms with Crippen molar-refractivity contribution in [2.24, 2.45) is 0 Å². The minimum atomic E-state index is -0.187. The first-order chi connectivity index (χ1) is 10.6. The zero-order chi connectivity index (χ0) is 15.9. The highest BCUT2D eigenvalue weighted by molar-refractivity contribution is 6.30. The third kappa shape index (κ3) is 4.74. The molecule has 0 fully saturated rings. The maximum atomic E-state index is 12.2. The van der Waals surface area contributed by atoms with Gasteiger partial charge < -0.3 is 10.1 Å². The molecule has 2 rings (SSSR count). The number of rotatable bonds is 6. The van der Waals surface area contributed by atoms with Crippen molar-refractivity contribution in [2.45, 2.75) is 19.4 Å². The molecule has 1 atom stereocenters. The molecule has 0 saturated heterocycles. The topological polar surface area (TPSA) is 51.2 Å². The van der Waals surface area contributed by atoms with E-state index in [9.17, 15) is 4.79 Å². The summed E-state index contributed by atoms with van der Waals surface area (Å²) in [5.41, 5.74) is 1.73. The molecule has 0 spiro atoms. The second kappa shape index (κ2) is 7.80. The number of nitrogens with zero attached hydrogens (tertiary/aromatic N) is 1. The molecule has 115 valence electrons. The molecule has 0 aliphatic carbocycles. The molecule has 0 aliphatic heterocycles. The van der Waals surface area contributed by atoms with Gasteiger partial charge in [0.2, 0.25) is 0 Å². The molecular formula is C17H18ClN2O2. The van der Waals surface area contributed by atoms with E-state index >= 15 is 0 Å². The van der Waals surface area contributed by atoms with Crippen LogP contribution in [0.25, 0.3) is 0 Å². The van der Waals surface area contributed by atoms with Crippen molar-refractivity contribution >= 4 is 17.5 Å². The molecular weight excluding hydrogens is 300 g/mol. The Balaban J connectivity index is 1.91. The number of aryl methyl sites for hydroxylation is 1. The Morgan fingerprint density at radius 2 is 2.09 bits per heavy atom. The molecule has 1 aromatic carbocycles. The van der Waals surface area contributed by atoms with E-state index in [-0.39, 0.29) is 11.9 Å². The van der Waals surface area contributed by atoms with Gasteiger partial charge in [-0.1, -0.05) is 36.2 Å². The summed E-state index contributed by atoms with van der Waals surface area (Å²) < 4.78 is 5.59. The lowest BCUT2D eigenvalue weighted by Gasteiger charge is -2.17. The van der Waals surface area contributed by atoms with E-state index in [1.807, 2.05) is 19.1 Å². The van der Waals surface area contributed by atoms with E-state index in [1.54, 1.807) is 24.4 Å². The van der Waals surface area contributed by atoms with Gasteiger partial charge in [0.15, 0.2) is 0 Å². The van der Waals surface area contributed by atoms with Gasteiger partial charge in [-0.3, -0.25) is 9.78 Å². The summed E-state index contributed by atoms with van der Waals surface area (Å²) in [5, 5.41) is 3.41. The number of benzene rings is 1. The molecule has 2 aromatic rings. The van der Waals surface area contributed by atoms with Crippen LogP contribution in [0.4, 0.5) is 0 Å². The summed E-state index contributed by atoms with van der Waals surface area (Å²) in [5.74, 6) is 0.428. The van der Waals surface area contributed by atoms with E-state index in [2.05, 4.69) is 17.2 Å². The normalized spacial score (nSPS) is 11.8. The Bertz CT molecular complexity index is 629. The molecule has 0 bridgehead atoms. The van der Waals surface area contributed by atoms with Gasteiger partial charge in [-0.25, -0.2) is 0 Å². The Labute approximate surface area is 135 Å². The standard InChI is InChI=1S/C17H18ClN2O2/c1-3-15(11-22-16-8-14(18)9-19-10-16)20-17(21)13-6-4-12(2)5-7-13/h4-10,15H,1,3,11H2,2H3,(H,20,21). The van der Waals surface area contributed by atoms with Gasteiger partial charge in [-0.2, -0.15) is 0 Å². The number of carbonyl (C=O) groups excluding carboxylic acids is 1. The molecule has 1 N–H and O–H groups in total. The zero-order valence-electron chi connectivity index (χ0n) is 12.4. The number of amides is 1. The predicted octanol–water partition coefficient (Wildman–Crippen LogP) is 3.45. The average Bonchev–Trinajstić information content (AvgIpc) is 2.52. The van der Waals surface area contributed by atoms with Crippen molar-refractivity contribution in [3.8, 4) is 5.75 Å². The van der Waals surface area contributed by atoms with E-state index in [1.165, 1.54) is 6.20 Å². The van der Waals surface area contributed by atoms with Gasteiger partial charge in [0, 0.05) is 17.8 Å². The monoisotopic (exact) mass is 317 g/mol. The molecule has 0 saturated carbocycles. The highest BCUT2D eigenvalue weighted by Gasteiger charge is 2.13. The largest absolute Gasteiger partial charge is 0.490 e. The van der Waals surface area contributed by atoms with Crippen LogP contribution in [0.1, 0.15) is 22.3 Å². The highest BCUT2D eigenvalue weighted by atomic mass is 35.5. The molecule has 1 amide bonds. The summed E-state index contributed by atoms with van der Waals surface area (Å²) in [6.45, 7) is 6.13. The van der Waals surface area contributed by atoms with Gasteiger partial charge in [0.1, 0.15) is 12.4 Å². The summed E-state index contributed by atoms with van der Waals surface area (Å²) in [7, 11) is 0. The number of ether oxygens (including phenoxy) is 1. The predicted molar refractivity (Wildman–Crippen MR) is 87.1 cm³/mol. The SMILES string of the molecule is [CH2]CC(COc1cncc(Cl)c1)NC(=O)c1ccc(C)cc1. The maximum absolute atomic E-state index is 12.2. The molecule has 1 unspecified atom stereocenters. The lowest BCUT2D eigenvalue weighted by molar-refractivity contribution is 0.0922. The lowest BCUT2D eigenvalue weighted by atomic mass is 10.1. The summed E-state index contributed by atoms with van der Waals surface area (Å²) in [6.07, 6.45) is 3.63. The highest BCUT2D eigenvalue weighted by Crippen LogP contribution is 2.15. The van der Waals surface area contributed by atoms with Crippen LogP contribution in [0.2, 0.25) is 5.02 Å². The first kappa shape index (κ1) is 16.3. The van der Waals surface area contributed by atoms with Gasteiger partial charge >= 0.3 is 0 Å². The third-order valence-corrected chi connectivity index (χ3v) is 3.34. The fraction of sp³-hybridized carbons (Fsp3) is 0.235. The Morgan fingerprint density at radius 1 is 1.36 bits per heavy atom. The van der Waals surface area contributed by atoms with Crippen molar-refractivity contribution < 1.29 is 9.53 Å². The number of hydrogen-bond acceptors (Lipinski definition) is 3. The summed E-state index contributed by atoms with van der Waals surface area (Å²) in [6, 6.07) is 8.90. The molecule has 1 heterocycles. The van der Waals surface area contributed by atoms with E-state index in [0.717, 1.165) is 5.56 Å². The molecule has 1 aromatic heterocycles. The van der Waals surface area contributed by atoms with Gasteiger partial charge in [-0.05, 0) is 25.5 Å². The minimum absolute atomic E-state index is 0.138. The first-order valence-electron chi connectivity index (χ1n) is 6.98. The summed E-state index contributed by atoms with van der Waals surface area (Å²) >= 11 is 5.85. The van der Waals surface area contributed by atoms with Gasteiger partial charge in [-0.15, -0.1) is 0 Å². The minimum Gasteiger partial charge on any atom is -0.490 e. The fourth-order valence-corrected chi connectivity index (χ4v) is 2.00. The van der Waals surface area contributed by atoms with E-state index < -0.39 is 0 Å². The Morgan fingerprint density at radius 3 is 2.73 bits per heavy atom. The van der Waals surface area contributed by atoms with Crippen molar-refractivity contribution in [1.29, 1.82) is 0 Å². The first-order valence-corrected chi connectivity index (χ1v) is 7.36. The van der Waals surface area contributed by atoms with Crippen LogP contribution in [0.15, 0.2) is 42.7 Å². The van der Waals surface area contributed by atoms with Crippen molar-refractivity contribution in [2.75, 3.05) is 6.61 Å².